The Morgan fingerprint density at radius 3 is 2.57 bits per heavy atom. The zero-order valence-electron chi connectivity index (χ0n) is 29.1. The number of hydrogen-bond donors (Lipinski definition) is 5. The van der Waals surface area contributed by atoms with E-state index >= 15 is 0 Å². The zero-order valence-corrected chi connectivity index (χ0v) is 29.1. The van der Waals surface area contributed by atoms with Crippen LogP contribution in [0.15, 0.2) is 29.3 Å². The molecule has 0 bridgehead atoms. The molecule has 4 atom stereocenters. The third-order valence-corrected chi connectivity index (χ3v) is 8.38. The first-order chi connectivity index (χ1) is 24.4. The van der Waals surface area contributed by atoms with Crippen molar-refractivity contribution in [1.29, 1.82) is 0 Å². The molecule has 282 valence electrons. The minimum Gasteiger partial charge on any atom is -0.507 e. The Bertz CT molecular complexity index is 1410. The van der Waals surface area contributed by atoms with Crippen LogP contribution in [-0.2, 0) is 43.0 Å². The fourth-order valence-electron chi connectivity index (χ4n) is 5.51. The molecule has 0 radical (unpaired) electrons. The van der Waals surface area contributed by atoms with Crippen molar-refractivity contribution >= 4 is 41.5 Å². The van der Waals surface area contributed by atoms with E-state index in [4.69, 9.17) is 9.47 Å². The molecular formula is C34H49N5O12. The lowest BCUT2D eigenvalue weighted by molar-refractivity contribution is -0.167. The van der Waals surface area contributed by atoms with Gasteiger partial charge in [-0.05, 0) is 70.4 Å². The normalized spacial score (nSPS) is 18.4. The average molecular weight is 720 g/mol. The van der Waals surface area contributed by atoms with Gasteiger partial charge in [-0.2, -0.15) is 0 Å². The molecular weight excluding hydrogens is 670 g/mol. The minimum absolute atomic E-state index is 0.0247. The molecule has 0 saturated carbocycles. The van der Waals surface area contributed by atoms with E-state index in [1.54, 1.807) is 18.2 Å². The Hall–Kier alpha value is -4.77. The summed E-state index contributed by atoms with van der Waals surface area (Å²) in [6, 6.07) is 3.22. The quantitative estimate of drug-likeness (QED) is 0.0596. The highest BCUT2D eigenvalue weighted by atomic mass is 16.5. The number of carbonyl (C=O) groups is 6. The lowest BCUT2D eigenvalue weighted by Crippen LogP contribution is -2.48. The number of aliphatic imine (C=N–C) groups is 1. The number of phenolic OH excluding ortho intramolecular Hbond substituents is 1. The first-order valence-electron chi connectivity index (χ1n) is 17.2. The van der Waals surface area contributed by atoms with Gasteiger partial charge in [-0.1, -0.05) is 18.6 Å². The molecule has 0 aromatic heterocycles. The first kappa shape index (κ1) is 40.7. The summed E-state index contributed by atoms with van der Waals surface area (Å²) in [6.45, 7) is 1.50. The van der Waals surface area contributed by atoms with E-state index in [9.17, 15) is 44.3 Å². The van der Waals surface area contributed by atoms with Crippen molar-refractivity contribution in [3.8, 4) is 5.75 Å². The predicted molar refractivity (Wildman–Crippen MR) is 178 cm³/mol. The Labute approximate surface area is 296 Å². The minimum atomic E-state index is -1.18. The number of aromatic hydroxyl groups is 1. The third-order valence-electron chi connectivity index (χ3n) is 8.38. The number of nitrogens with zero attached hydrogens (tertiary/aromatic N) is 3. The molecule has 17 heteroatoms. The van der Waals surface area contributed by atoms with Crippen LogP contribution in [0.3, 0.4) is 0 Å². The lowest BCUT2D eigenvalue weighted by Gasteiger charge is -2.23. The van der Waals surface area contributed by atoms with Crippen LogP contribution in [0.25, 0.3) is 0 Å². The Kier molecular flexibility index (Phi) is 16.6. The van der Waals surface area contributed by atoms with E-state index in [1.807, 2.05) is 0 Å². The number of methoxy groups -OCH3 is 1. The van der Waals surface area contributed by atoms with Crippen molar-refractivity contribution in [2.75, 3.05) is 26.8 Å². The molecule has 1 saturated heterocycles. The van der Waals surface area contributed by atoms with Gasteiger partial charge in [0.2, 0.25) is 23.6 Å². The van der Waals surface area contributed by atoms with E-state index in [0.29, 0.717) is 54.2 Å². The highest BCUT2D eigenvalue weighted by molar-refractivity contribution is 6.00. The summed E-state index contributed by atoms with van der Waals surface area (Å²) in [5.41, 5.74) is 0.303. The van der Waals surface area contributed by atoms with Crippen molar-refractivity contribution in [2.45, 2.75) is 108 Å². The largest absolute Gasteiger partial charge is 0.507 e. The van der Waals surface area contributed by atoms with E-state index in [1.165, 1.54) is 20.1 Å². The van der Waals surface area contributed by atoms with E-state index in [-0.39, 0.29) is 75.8 Å². The SMILES string of the molecule is COC(=O)CCCCCC(=O)N(O)CCCC[C@H](NC(=O)[C@@H]1COC(c2ccccc2O)=N1)C(=O)O[C@H](C)CC(=O)N[C@H]1CCCCN(O)C1=O. The van der Waals surface area contributed by atoms with Crippen molar-refractivity contribution in [2.24, 2.45) is 4.99 Å². The lowest BCUT2D eigenvalue weighted by atomic mass is 10.1. The standard InChI is InChI=1S/C34H49N5O12/c1-22(20-28(41)35-24-13-8-11-19-39(48)33(24)45)51-34(46)25(14-9-10-18-38(47)29(42)16-4-3-5-17-30(43)49-2)36-31(44)26-21-50-32(37-26)23-12-6-7-15-27(23)40/h6-7,12,15,22,24-26,40,47-48H,3-5,8-11,13-14,16-21H2,1-2H3,(H,35,41)(H,36,44)/t22-,24+,25+,26+/m1/s1. The number of amides is 4. The molecule has 0 aliphatic carbocycles. The summed E-state index contributed by atoms with van der Waals surface area (Å²) < 4.78 is 15.6. The van der Waals surface area contributed by atoms with E-state index in [0.717, 1.165) is 0 Å². The molecule has 2 aliphatic heterocycles. The van der Waals surface area contributed by atoms with Gasteiger partial charge in [-0.15, -0.1) is 0 Å². The van der Waals surface area contributed by atoms with Gasteiger partial charge in [-0.25, -0.2) is 19.9 Å². The Morgan fingerprint density at radius 1 is 1.08 bits per heavy atom. The number of ether oxygens (including phenoxy) is 3. The van der Waals surface area contributed by atoms with Crippen LogP contribution < -0.4 is 10.6 Å². The van der Waals surface area contributed by atoms with E-state index in [2.05, 4.69) is 20.4 Å². The van der Waals surface area contributed by atoms with Crippen molar-refractivity contribution in [3.05, 3.63) is 29.8 Å². The molecule has 1 aromatic carbocycles. The first-order valence-corrected chi connectivity index (χ1v) is 17.2. The second-order valence-electron chi connectivity index (χ2n) is 12.5. The molecule has 0 unspecified atom stereocenters. The number of para-hydroxylation sites is 1. The molecule has 3 rings (SSSR count). The highest BCUT2D eigenvalue weighted by Gasteiger charge is 2.33. The molecule has 4 amide bonds. The molecule has 1 fully saturated rings. The van der Waals surface area contributed by atoms with Gasteiger partial charge >= 0.3 is 11.9 Å². The van der Waals surface area contributed by atoms with E-state index < -0.39 is 53.8 Å². The number of unbranched alkanes of at least 4 members (excludes halogenated alkanes) is 3. The highest BCUT2D eigenvalue weighted by Crippen LogP contribution is 2.21. The van der Waals surface area contributed by atoms with Crippen molar-refractivity contribution < 1.29 is 58.5 Å². The van der Waals surface area contributed by atoms with Gasteiger partial charge in [0.25, 0.3) is 5.91 Å². The smallest absolute Gasteiger partial charge is 0.328 e. The molecule has 0 spiro atoms. The number of phenols is 1. The molecule has 2 heterocycles. The van der Waals surface area contributed by atoms with Crippen LogP contribution in [0, 0.1) is 0 Å². The number of esters is 2. The van der Waals surface area contributed by atoms with Crippen LogP contribution in [-0.4, -0.2) is 118 Å². The van der Waals surface area contributed by atoms with Gasteiger partial charge in [0, 0.05) is 25.9 Å². The summed E-state index contributed by atoms with van der Waals surface area (Å²) in [6.07, 6.45) is 2.99. The zero-order chi connectivity index (χ0) is 37.3. The number of hydroxylamine groups is 4. The molecule has 5 N–H and O–H groups in total. The van der Waals surface area contributed by atoms with Crippen LogP contribution in [0.1, 0.15) is 89.5 Å². The number of nitrogens with one attached hydrogen (secondary N) is 2. The maximum atomic E-state index is 13.3. The second kappa shape index (κ2) is 20.8. The van der Waals surface area contributed by atoms with Gasteiger partial charge in [0.15, 0.2) is 6.04 Å². The van der Waals surface area contributed by atoms with Crippen LogP contribution >= 0.6 is 0 Å². The number of hydrogen-bond acceptors (Lipinski definition) is 13. The number of carbonyl (C=O) groups excluding carboxylic acids is 6. The molecule has 17 nitrogen and oxygen atoms in total. The van der Waals surface area contributed by atoms with Crippen LogP contribution in [0.5, 0.6) is 5.75 Å². The van der Waals surface area contributed by atoms with Crippen LogP contribution in [0.2, 0.25) is 0 Å². The second-order valence-corrected chi connectivity index (χ2v) is 12.5. The fourth-order valence-corrected chi connectivity index (χ4v) is 5.51. The van der Waals surface area contributed by atoms with Gasteiger partial charge < -0.3 is 30.0 Å². The van der Waals surface area contributed by atoms with Crippen LogP contribution in [0.4, 0.5) is 0 Å². The summed E-state index contributed by atoms with van der Waals surface area (Å²) in [5.74, 6) is -3.47. The molecule has 1 aromatic rings. The van der Waals surface area contributed by atoms with Crippen molar-refractivity contribution in [3.63, 3.8) is 0 Å². The maximum absolute atomic E-state index is 13.3. The van der Waals surface area contributed by atoms with Gasteiger partial charge in [-0.3, -0.25) is 34.4 Å². The number of benzene rings is 1. The Morgan fingerprint density at radius 2 is 1.82 bits per heavy atom. The monoisotopic (exact) mass is 719 g/mol. The Balaban J connectivity index is 1.55. The fraction of sp³-hybridized carbons (Fsp3) is 0.618. The summed E-state index contributed by atoms with van der Waals surface area (Å²) in [4.78, 5) is 79.3. The number of rotatable bonds is 19. The maximum Gasteiger partial charge on any atom is 0.328 e. The summed E-state index contributed by atoms with van der Waals surface area (Å²) in [7, 11) is 1.31. The summed E-state index contributed by atoms with van der Waals surface area (Å²) >= 11 is 0. The van der Waals surface area contributed by atoms with Gasteiger partial charge in [0.1, 0.15) is 30.5 Å². The average Bonchev–Trinajstić information content (AvgIpc) is 3.54. The third kappa shape index (κ3) is 13.5. The molecule has 2 aliphatic rings. The predicted octanol–water partition coefficient (Wildman–Crippen LogP) is 1.74. The van der Waals surface area contributed by atoms with Gasteiger partial charge in [0.05, 0.1) is 19.1 Å². The molecule has 51 heavy (non-hydrogen) atoms. The van der Waals surface area contributed by atoms with Crippen molar-refractivity contribution in [1.82, 2.24) is 20.8 Å². The summed E-state index contributed by atoms with van der Waals surface area (Å²) in [5, 5.41) is 36.5. The topological polar surface area (TPSA) is 234 Å².